The Morgan fingerprint density at radius 3 is 2.44 bits per heavy atom. The van der Waals surface area contributed by atoms with Crippen molar-refractivity contribution in [2.24, 2.45) is 0 Å². The number of para-hydroxylation sites is 1. The molecule has 168 valence electrons. The van der Waals surface area contributed by atoms with Crippen LogP contribution in [0.4, 0.5) is 10.5 Å². The second-order valence-corrected chi connectivity index (χ2v) is 7.95. The summed E-state index contributed by atoms with van der Waals surface area (Å²) < 4.78 is 3.40. The van der Waals surface area contributed by atoms with E-state index in [1.807, 2.05) is 36.4 Å². The lowest BCUT2D eigenvalue weighted by Gasteiger charge is -2.11. The molecule has 0 saturated heterocycles. The van der Waals surface area contributed by atoms with Gasteiger partial charge >= 0.3 is 11.7 Å². The number of amides is 3. The maximum Gasteiger partial charge on any atom is 0.346 e. The highest BCUT2D eigenvalue weighted by Gasteiger charge is 2.18. The molecule has 0 unspecified atom stereocenters. The molecule has 0 atom stereocenters. The van der Waals surface area contributed by atoms with Crippen LogP contribution in [0.25, 0.3) is 11.4 Å². The Labute approximate surface area is 193 Å². The maximum absolute atomic E-state index is 12.9. The van der Waals surface area contributed by atoms with Crippen molar-refractivity contribution >= 4 is 33.6 Å². The molecule has 0 radical (unpaired) electrons. The number of rotatable bonds is 8. The zero-order chi connectivity index (χ0) is 22.9. The van der Waals surface area contributed by atoms with Gasteiger partial charge in [0.15, 0.2) is 5.82 Å². The van der Waals surface area contributed by atoms with Gasteiger partial charge in [0.25, 0.3) is 5.91 Å². The highest BCUT2D eigenvalue weighted by molar-refractivity contribution is 9.10. The number of halogens is 1. The van der Waals surface area contributed by atoms with Gasteiger partial charge in [-0.3, -0.25) is 14.8 Å². The fourth-order valence-corrected chi connectivity index (χ4v) is 3.45. The Morgan fingerprint density at radius 1 is 1.00 bits per heavy atom. The summed E-state index contributed by atoms with van der Waals surface area (Å²) in [7, 11) is 0. The van der Waals surface area contributed by atoms with Crippen molar-refractivity contribution in [1.82, 2.24) is 25.2 Å². The lowest BCUT2D eigenvalue weighted by molar-refractivity contribution is -0.122. The molecule has 3 rings (SSSR count). The number of carbonyl (C=O) groups excluding carboxylic acids is 2. The first-order chi connectivity index (χ1) is 15.5. The molecule has 0 fully saturated rings. The summed E-state index contributed by atoms with van der Waals surface area (Å²) in [6, 6.07) is 15.7. The highest BCUT2D eigenvalue weighted by Crippen LogP contribution is 2.20. The average molecular weight is 501 g/mol. The number of anilines is 1. The second kappa shape index (κ2) is 11.3. The van der Waals surface area contributed by atoms with E-state index in [0.717, 1.165) is 24.8 Å². The fraction of sp³-hybridized carbons (Fsp3) is 0.273. The number of urea groups is 1. The van der Waals surface area contributed by atoms with Crippen molar-refractivity contribution in [3.63, 3.8) is 0 Å². The van der Waals surface area contributed by atoms with Crippen LogP contribution in [-0.4, -0.2) is 26.3 Å². The standard InChI is InChI=1S/C22H25BrN6O3/c1-2-3-9-14-29-22(32)28(20(27-29)16-10-5-4-6-11-16)15-19(30)25-26-21(31)24-18-13-8-7-12-17(18)23/h4-8,10-13H,2-3,9,14-15H2,1H3,(H,25,30)(H2,24,26,31). The third-order valence-corrected chi connectivity index (χ3v) is 5.36. The third kappa shape index (κ3) is 6.07. The van der Waals surface area contributed by atoms with E-state index in [1.165, 1.54) is 9.25 Å². The topological polar surface area (TPSA) is 110 Å². The van der Waals surface area contributed by atoms with Gasteiger partial charge in [0.05, 0.1) is 5.69 Å². The molecule has 0 spiro atoms. The summed E-state index contributed by atoms with van der Waals surface area (Å²) in [5.41, 5.74) is 5.53. The monoisotopic (exact) mass is 500 g/mol. The molecule has 0 bridgehead atoms. The Balaban J connectivity index is 1.69. The van der Waals surface area contributed by atoms with Gasteiger partial charge in [-0.15, -0.1) is 5.10 Å². The van der Waals surface area contributed by atoms with Crippen molar-refractivity contribution in [1.29, 1.82) is 0 Å². The fourth-order valence-electron chi connectivity index (χ4n) is 3.07. The van der Waals surface area contributed by atoms with Gasteiger partial charge in [-0.25, -0.2) is 19.7 Å². The van der Waals surface area contributed by atoms with E-state index in [4.69, 9.17) is 0 Å². The van der Waals surface area contributed by atoms with Crippen molar-refractivity contribution in [2.45, 2.75) is 39.3 Å². The Kier molecular flexibility index (Phi) is 8.20. The number of nitrogens with zero attached hydrogens (tertiary/aromatic N) is 3. The third-order valence-electron chi connectivity index (χ3n) is 4.67. The SMILES string of the molecule is CCCCCn1nc(-c2ccccc2)n(CC(=O)NNC(=O)Nc2ccccc2Br)c1=O. The van der Waals surface area contributed by atoms with Gasteiger partial charge in [0.2, 0.25) is 0 Å². The van der Waals surface area contributed by atoms with Crippen LogP contribution in [-0.2, 0) is 17.9 Å². The predicted molar refractivity (Wildman–Crippen MR) is 126 cm³/mol. The summed E-state index contributed by atoms with van der Waals surface area (Å²) in [4.78, 5) is 37.5. The molecule has 3 aromatic rings. The van der Waals surface area contributed by atoms with Crippen molar-refractivity contribution in [2.75, 3.05) is 5.32 Å². The predicted octanol–water partition coefficient (Wildman–Crippen LogP) is 3.52. The normalized spacial score (nSPS) is 10.6. The van der Waals surface area contributed by atoms with Crippen LogP contribution in [0.2, 0.25) is 0 Å². The van der Waals surface area contributed by atoms with Gasteiger partial charge in [-0.1, -0.05) is 62.2 Å². The first-order valence-corrected chi connectivity index (χ1v) is 11.1. The van der Waals surface area contributed by atoms with E-state index in [9.17, 15) is 14.4 Å². The Bertz CT molecular complexity index is 1130. The molecule has 3 amide bonds. The number of hydrogen-bond acceptors (Lipinski definition) is 4. The summed E-state index contributed by atoms with van der Waals surface area (Å²) in [6.45, 7) is 2.28. The van der Waals surface area contributed by atoms with Gasteiger partial charge < -0.3 is 5.32 Å². The Morgan fingerprint density at radius 2 is 1.72 bits per heavy atom. The molecule has 2 aromatic carbocycles. The number of aryl methyl sites for hydroxylation is 1. The number of nitrogens with one attached hydrogen (secondary N) is 3. The first kappa shape index (κ1) is 23.3. The number of benzene rings is 2. The first-order valence-electron chi connectivity index (χ1n) is 10.3. The van der Waals surface area contributed by atoms with E-state index in [2.05, 4.69) is 44.1 Å². The van der Waals surface area contributed by atoms with Crippen molar-refractivity contribution in [3.05, 3.63) is 69.6 Å². The van der Waals surface area contributed by atoms with Crippen LogP contribution in [0.3, 0.4) is 0 Å². The van der Waals surface area contributed by atoms with Gasteiger partial charge in [0, 0.05) is 16.6 Å². The second-order valence-electron chi connectivity index (χ2n) is 7.10. The zero-order valence-corrected chi connectivity index (χ0v) is 19.3. The number of unbranched alkanes of at least 4 members (excludes halogenated alkanes) is 2. The number of aromatic nitrogens is 3. The molecule has 3 N–H and O–H groups in total. The molecule has 0 aliphatic heterocycles. The van der Waals surface area contributed by atoms with Gasteiger partial charge in [0.1, 0.15) is 6.54 Å². The summed E-state index contributed by atoms with van der Waals surface area (Å²) in [6.07, 6.45) is 2.83. The van der Waals surface area contributed by atoms with E-state index < -0.39 is 11.9 Å². The molecule has 1 aromatic heterocycles. The average Bonchev–Trinajstić information content (AvgIpc) is 3.10. The van der Waals surface area contributed by atoms with Crippen LogP contribution < -0.4 is 21.9 Å². The molecule has 9 nitrogen and oxygen atoms in total. The van der Waals surface area contributed by atoms with E-state index in [1.54, 1.807) is 18.2 Å². The van der Waals surface area contributed by atoms with Crippen molar-refractivity contribution < 1.29 is 9.59 Å². The van der Waals surface area contributed by atoms with Crippen LogP contribution in [0.5, 0.6) is 0 Å². The lowest BCUT2D eigenvalue weighted by Crippen LogP contribution is -2.46. The summed E-state index contributed by atoms with van der Waals surface area (Å²) in [5.74, 6) is -0.153. The summed E-state index contributed by atoms with van der Waals surface area (Å²) >= 11 is 3.33. The molecular weight excluding hydrogens is 476 g/mol. The van der Waals surface area contributed by atoms with E-state index in [-0.39, 0.29) is 12.2 Å². The van der Waals surface area contributed by atoms with Gasteiger partial charge in [-0.05, 0) is 34.5 Å². The maximum atomic E-state index is 12.9. The smallest absolute Gasteiger partial charge is 0.305 e. The zero-order valence-electron chi connectivity index (χ0n) is 17.7. The molecule has 32 heavy (non-hydrogen) atoms. The Hall–Kier alpha value is -3.40. The number of hydrazine groups is 1. The highest BCUT2D eigenvalue weighted by atomic mass is 79.9. The minimum Gasteiger partial charge on any atom is -0.305 e. The minimum atomic E-state index is -0.615. The van der Waals surface area contributed by atoms with Crippen LogP contribution >= 0.6 is 15.9 Å². The molecule has 0 aliphatic rings. The number of hydrogen-bond donors (Lipinski definition) is 3. The molecule has 10 heteroatoms. The minimum absolute atomic E-state index is 0.286. The van der Waals surface area contributed by atoms with E-state index >= 15 is 0 Å². The van der Waals surface area contributed by atoms with Crippen LogP contribution in [0.15, 0.2) is 63.9 Å². The molecular formula is C22H25BrN6O3. The van der Waals surface area contributed by atoms with Crippen LogP contribution in [0, 0.1) is 0 Å². The van der Waals surface area contributed by atoms with E-state index in [0.29, 0.717) is 22.5 Å². The number of carbonyl (C=O) groups is 2. The van der Waals surface area contributed by atoms with Crippen molar-refractivity contribution in [3.8, 4) is 11.4 Å². The molecule has 0 aliphatic carbocycles. The lowest BCUT2D eigenvalue weighted by atomic mass is 10.2. The molecule has 1 heterocycles. The van der Waals surface area contributed by atoms with Gasteiger partial charge in [-0.2, -0.15) is 0 Å². The summed E-state index contributed by atoms with van der Waals surface area (Å²) in [5, 5.41) is 7.06. The molecule has 0 saturated carbocycles. The quantitative estimate of drug-likeness (QED) is 0.324. The van der Waals surface area contributed by atoms with Crippen LogP contribution in [0.1, 0.15) is 26.2 Å². The largest absolute Gasteiger partial charge is 0.346 e.